The maximum Gasteiger partial charge on any atom is 0.227 e. The number of rotatable bonds is 18. The van der Waals surface area contributed by atoms with Gasteiger partial charge in [0.2, 0.25) is 21.8 Å². The summed E-state index contributed by atoms with van der Waals surface area (Å²) < 4.78 is 26.7. The standard InChI is InChI=1S/C37H66N4O6S/c1-5-9-22-41(39-48(46,47)33-14-11-10-12-15-33)27-35(43)34(25-28-16-18-32(42)19-17-28)38-36(44)30-23-29(13-6-2)24-31(26-30)37(45)40(20-7-3)21-8-4/h28-35,39,42-43H,5,7-12,14-27H2,1-4H3,(H,38,44). The fourth-order valence-corrected chi connectivity index (χ4v) is 9.67. The van der Waals surface area contributed by atoms with Crippen LogP contribution in [0.2, 0.25) is 0 Å². The average Bonchev–Trinajstić information content (AvgIpc) is 3.07. The third kappa shape index (κ3) is 12.9. The summed E-state index contributed by atoms with van der Waals surface area (Å²) in [6.07, 6.45) is 11.5. The highest BCUT2D eigenvalue weighted by molar-refractivity contribution is 7.90. The molecule has 0 aromatic rings. The summed E-state index contributed by atoms with van der Waals surface area (Å²) in [6, 6.07) is -0.593. The third-order valence-corrected chi connectivity index (χ3v) is 12.6. The molecule has 3 rings (SSSR count). The molecular formula is C37H66N4O6S. The van der Waals surface area contributed by atoms with Crippen LogP contribution in [0.1, 0.15) is 137 Å². The number of hydrazine groups is 1. The Balaban J connectivity index is 1.79. The van der Waals surface area contributed by atoms with Crippen LogP contribution in [0.25, 0.3) is 0 Å². The van der Waals surface area contributed by atoms with E-state index in [2.05, 4.69) is 35.8 Å². The second-order valence-electron chi connectivity index (χ2n) is 14.8. The van der Waals surface area contributed by atoms with E-state index in [1.165, 1.54) is 0 Å². The number of aliphatic hydroxyl groups excluding tert-OH is 2. The van der Waals surface area contributed by atoms with Crippen LogP contribution in [0.4, 0.5) is 0 Å². The molecule has 3 saturated carbocycles. The van der Waals surface area contributed by atoms with E-state index < -0.39 is 33.3 Å². The van der Waals surface area contributed by atoms with Crippen molar-refractivity contribution in [1.82, 2.24) is 20.1 Å². The molecule has 11 heteroatoms. The minimum Gasteiger partial charge on any atom is -0.393 e. The Morgan fingerprint density at radius 3 is 2.12 bits per heavy atom. The van der Waals surface area contributed by atoms with Crippen LogP contribution >= 0.6 is 0 Å². The van der Waals surface area contributed by atoms with Crippen molar-refractivity contribution in [2.45, 2.75) is 160 Å². The molecule has 0 aromatic carbocycles. The predicted molar refractivity (Wildman–Crippen MR) is 191 cm³/mol. The minimum atomic E-state index is -3.60. The lowest BCUT2D eigenvalue weighted by Crippen LogP contribution is -2.55. The maximum atomic E-state index is 14.1. The first-order valence-electron chi connectivity index (χ1n) is 19.1. The van der Waals surface area contributed by atoms with Crippen molar-refractivity contribution in [2.75, 3.05) is 26.2 Å². The molecule has 10 nitrogen and oxygen atoms in total. The van der Waals surface area contributed by atoms with Gasteiger partial charge in [0.05, 0.1) is 23.5 Å². The van der Waals surface area contributed by atoms with E-state index in [1.807, 2.05) is 11.8 Å². The Labute approximate surface area is 291 Å². The van der Waals surface area contributed by atoms with Crippen molar-refractivity contribution in [1.29, 1.82) is 0 Å². The monoisotopic (exact) mass is 694 g/mol. The van der Waals surface area contributed by atoms with Gasteiger partial charge < -0.3 is 20.4 Å². The quantitative estimate of drug-likeness (QED) is 0.120. The zero-order valence-electron chi connectivity index (χ0n) is 30.3. The number of sulfonamides is 1. The molecule has 3 aliphatic rings. The molecule has 0 bridgehead atoms. The highest BCUT2D eigenvalue weighted by Gasteiger charge is 2.39. The van der Waals surface area contributed by atoms with Crippen LogP contribution in [-0.4, -0.2) is 90.0 Å². The fourth-order valence-electron chi connectivity index (χ4n) is 8.05. The summed E-state index contributed by atoms with van der Waals surface area (Å²) in [5.74, 6) is 5.68. The number of carbonyl (C=O) groups excluding carboxylic acids is 2. The molecule has 0 aliphatic heterocycles. The summed E-state index contributed by atoms with van der Waals surface area (Å²) in [7, 11) is -3.60. The van der Waals surface area contributed by atoms with Gasteiger partial charge in [-0.25, -0.2) is 13.4 Å². The first-order valence-corrected chi connectivity index (χ1v) is 20.7. The van der Waals surface area contributed by atoms with E-state index >= 15 is 0 Å². The smallest absolute Gasteiger partial charge is 0.227 e. The second kappa shape index (κ2) is 20.8. The van der Waals surface area contributed by atoms with Crippen LogP contribution in [0.3, 0.4) is 0 Å². The Bertz CT molecular complexity index is 1140. The van der Waals surface area contributed by atoms with Crippen LogP contribution in [-0.2, 0) is 19.6 Å². The van der Waals surface area contributed by atoms with Crippen LogP contribution < -0.4 is 10.1 Å². The van der Waals surface area contributed by atoms with E-state index in [1.54, 1.807) is 11.9 Å². The normalized spacial score (nSPS) is 26.7. The van der Waals surface area contributed by atoms with Crippen molar-refractivity contribution in [2.24, 2.45) is 23.7 Å². The lowest BCUT2D eigenvalue weighted by molar-refractivity contribution is -0.139. The van der Waals surface area contributed by atoms with Crippen LogP contribution in [0, 0.1) is 35.5 Å². The van der Waals surface area contributed by atoms with Gasteiger partial charge in [0.15, 0.2) is 0 Å². The summed E-state index contributed by atoms with van der Waals surface area (Å²) in [4.78, 5) is 32.5. The first kappa shape index (κ1) is 40.7. The molecule has 0 spiro atoms. The van der Waals surface area contributed by atoms with Gasteiger partial charge in [-0.2, -0.15) is 0 Å². The van der Waals surface area contributed by atoms with E-state index in [4.69, 9.17) is 0 Å². The van der Waals surface area contributed by atoms with Gasteiger partial charge in [0, 0.05) is 43.9 Å². The van der Waals surface area contributed by atoms with Crippen molar-refractivity contribution >= 4 is 21.8 Å². The third-order valence-electron chi connectivity index (χ3n) is 10.7. The molecule has 0 heterocycles. The summed E-state index contributed by atoms with van der Waals surface area (Å²) in [5, 5.41) is 26.3. The lowest BCUT2D eigenvalue weighted by Gasteiger charge is -2.37. The van der Waals surface area contributed by atoms with Gasteiger partial charge >= 0.3 is 0 Å². The van der Waals surface area contributed by atoms with Crippen molar-refractivity contribution in [3.63, 3.8) is 0 Å². The Kier molecular flexibility index (Phi) is 17.7. The fraction of sp³-hybridized carbons (Fsp3) is 0.892. The lowest BCUT2D eigenvalue weighted by atomic mass is 9.74. The Morgan fingerprint density at radius 1 is 0.875 bits per heavy atom. The van der Waals surface area contributed by atoms with Gasteiger partial charge in [-0.05, 0) is 96.3 Å². The summed E-state index contributed by atoms with van der Waals surface area (Å²) in [6.45, 7) is 9.91. The number of hydrogen-bond donors (Lipinski definition) is 4. The molecule has 2 amide bonds. The molecule has 5 unspecified atom stereocenters. The Morgan fingerprint density at radius 2 is 1.52 bits per heavy atom. The molecule has 0 saturated heterocycles. The molecule has 4 N–H and O–H groups in total. The number of carbonyl (C=O) groups is 2. The number of nitrogens with zero attached hydrogens (tertiary/aromatic N) is 2. The van der Waals surface area contributed by atoms with Gasteiger partial charge in [-0.15, -0.1) is 16.7 Å². The van der Waals surface area contributed by atoms with Gasteiger partial charge in [-0.1, -0.05) is 46.5 Å². The zero-order valence-corrected chi connectivity index (χ0v) is 31.1. The molecule has 276 valence electrons. The van der Waals surface area contributed by atoms with Crippen molar-refractivity contribution in [3.05, 3.63) is 0 Å². The maximum absolute atomic E-state index is 14.1. The van der Waals surface area contributed by atoms with E-state index in [-0.39, 0.29) is 42.2 Å². The first-order chi connectivity index (χ1) is 23.0. The van der Waals surface area contributed by atoms with E-state index in [0.29, 0.717) is 71.0 Å². The molecular weight excluding hydrogens is 628 g/mol. The summed E-state index contributed by atoms with van der Waals surface area (Å²) >= 11 is 0. The zero-order chi connectivity index (χ0) is 35.1. The Hall–Kier alpha value is -1.71. The summed E-state index contributed by atoms with van der Waals surface area (Å²) in [5.41, 5.74) is 0. The molecule has 5 atom stereocenters. The van der Waals surface area contributed by atoms with Gasteiger partial charge in [0.1, 0.15) is 0 Å². The topological polar surface area (TPSA) is 139 Å². The average molecular weight is 695 g/mol. The van der Waals surface area contributed by atoms with E-state index in [9.17, 15) is 28.2 Å². The van der Waals surface area contributed by atoms with Crippen molar-refractivity contribution in [3.8, 4) is 11.8 Å². The van der Waals surface area contributed by atoms with E-state index in [0.717, 1.165) is 57.8 Å². The molecule has 0 aromatic heterocycles. The molecule has 48 heavy (non-hydrogen) atoms. The van der Waals surface area contributed by atoms with Crippen LogP contribution in [0.5, 0.6) is 0 Å². The molecule has 3 aliphatic carbocycles. The largest absolute Gasteiger partial charge is 0.393 e. The van der Waals surface area contributed by atoms with Gasteiger partial charge in [0.25, 0.3) is 0 Å². The highest BCUT2D eigenvalue weighted by Crippen LogP contribution is 2.35. The molecule has 3 fully saturated rings. The number of nitrogens with one attached hydrogen (secondary N) is 2. The highest BCUT2D eigenvalue weighted by atomic mass is 32.2. The SMILES string of the molecule is CC#CC1CC(C(=O)NC(CC2CCC(O)CC2)C(O)CN(CCCC)NS(=O)(=O)C2CCCCC2)CC(C(=O)N(CCC)CCC)C1. The number of hydrogen-bond acceptors (Lipinski definition) is 7. The van der Waals surface area contributed by atoms with Crippen molar-refractivity contribution < 1.29 is 28.2 Å². The number of aliphatic hydroxyl groups is 2. The second-order valence-corrected chi connectivity index (χ2v) is 16.7. The van der Waals surface area contributed by atoms with Crippen LogP contribution in [0.15, 0.2) is 0 Å². The number of unbranched alkanes of at least 4 members (excludes halogenated alkanes) is 1. The predicted octanol–water partition coefficient (Wildman–Crippen LogP) is 4.75. The molecule has 0 radical (unpaired) electrons. The minimum absolute atomic E-state index is 0.0551. The van der Waals surface area contributed by atoms with Gasteiger partial charge in [-0.3, -0.25) is 9.59 Å². The number of amides is 2.